The van der Waals surface area contributed by atoms with E-state index in [1.807, 2.05) is 0 Å². The highest BCUT2D eigenvalue weighted by Gasteiger charge is 2.23. The molecular formula is C14H28N2. The van der Waals surface area contributed by atoms with E-state index in [9.17, 15) is 0 Å². The average Bonchev–Trinajstić information content (AvgIpc) is 3.10. The lowest BCUT2D eigenvalue weighted by Crippen LogP contribution is -2.40. The van der Waals surface area contributed by atoms with Crippen molar-refractivity contribution < 1.29 is 0 Å². The molecule has 0 spiro atoms. The fourth-order valence-electron chi connectivity index (χ4n) is 2.81. The molecule has 0 amide bonds. The Morgan fingerprint density at radius 1 is 1.31 bits per heavy atom. The van der Waals surface area contributed by atoms with Crippen molar-refractivity contribution in [1.29, 1.82) is 0 Å². The molecule has 0 aromatic heterocycles. The lowest BCUT2D eigenvalue weighted by Gasteiger charge is -2.34. The molecule has 1 aliphatic heterocycles. The van der Waals surface area contributed by atoms with Gasteiger partial charge in [0.2, 0.25) is 0 Å². The van der Waals surface area contributed by atoms with Crippen LogP contribution in [0.25, 0.3) is 0 Å². The third-order valence-electron chi connectivity index (χ3n) is 4.08. The van der Waals surface area contributed by atoms with E-state index in [1.54, 1.807) is 0 Å². The topological polar surface area (TPSA) is 15.3 Å². The van der Waals surface area contributed by atoms with E-state index in [2.05, 4.69) is 24.1 Å². The summed E-state index contributed by atoms with van der Waals surface area (Å²) in [6.07, 6.45) is 7.07. The van der Waals surface area contributed by atoms with Crippen LogP contribution in [-0.4, -0.2) is 37.1 Å². The van der Waals surface area contributed by atoms with Gasteiger partial charge in [-0.25, -0.2) is 0 Å². The third kappa shape index (κ3) is 4.06. The van der Waals surface area contributed by atoms with Crippen molar-refractivity contribution in [3.05, 3.63) is 0 Å². The van der Waals surface area contributed by atoms with Gasteiger partial charge in [0, 0.05) is 19.1 Å². The second-order valence-corrected chi connectivity index (χ2v) is 5.96. The third-order valence-corrected chi connectivity index (χ3v) is 4.08. The molecule has 0 aromatic carbocycles. The van der Waals surface area contributed by atoms with Crippen LogP contribution in [0.2, 0.25) is 0 Å². The van der Waals surface area contributed by atoms with E-state index in [-0.39, 0.29) is 0 Å². The highest BCUT2D eigenvalue weighted by Crippen LogP contribution is 2.21. The summed E-state index contributed by atoms with van der Waals surface area (Å²) in [5, 5.41) is 3.64. The molecule has 2 unspecified atom stereocenters. The molecule has 0 radical (unpaired) electrons. The van der Waals surface area contributed by atoms with E-state index in [0.717, 1.165) is 17.9 Å². The van der Waals surface area contributed by atoms with Crippen LogP contribution in [0.15, 0.2) is 0 Å². The predicted octanol–water partition coefficient (Wildman–Crippen LogP) is 2.50. The molecule has 16 heavy (non-hydrogen) atoms. The maximum Gasteiger partial charge on any atom is 0.00683 e. The minimum atomic E-state index is 0.816. The Hall–Kier alpha value is -0.0800. The summed E-state index contributed by atoms with van der Waals surface area (Å²) in [4.78, 5) is 2.69. The SMILES string of the molecule is CCC1CCCN(CC(C)CNC2CC2)C1. The fourth-order valence-corrected chi connectivity index (χ4v) is 2.81. The minimum Gasteiger partial charge on any atom is -0.314 e. The van der Waals surface area contributed by atoms with Crippen LogP contribution in [0, 0.1) is 11.8 Å². The zero-order valence-corrected chi connectivity index (χ0v) is 11.0. The predicted molar refractivity (Wildman–Crippen MR) is 69.6 cm³/mol. The van der Waals surface area contributed by atoms with E-state index in [1.165, 1.54) is 58.3 Å². The molecule has 2 fully saturated rings. The fraction of sp³-hybridized carbons (Fsp3) is 1.00. The molecule has 1 aliphatic carbocycles. The maximum atomic E-state index is 3.64. The van der Waals surface area contributed by atoms with E-state index in [0.29, 0.717) is 0 Å². The summed E-state index contributed by atoms with van der Waals surface area (Å²) < 4.78 is 0. The Kier molecular flexibility index (Phi) is 4.66. The Balaban J connectivity index is 1.62. The first-order valence-electron chi connectivity index (χ1n) is 7.23. The smallest absolute Gasteiger partial charge is 0.00683 e. The van der Waals surface area contributed by atoms with Gasteiger partial charge in [0.15, 0.2) is 0 Å². The summed E-state index contributed by atoms with van der Waals surface area (Å²) in [6.45, 7) is 9.94. The molecule has 1 saturated carbocycles. The van der Waals surface area contributed by atoms with Crippen molar-refractivity contribution in [3.8, 4) is 0 Å². The van der Waals surface area contributed by atoms with Gasteiger partial charge < -0.3 is 10.2 Å². The van der Waals surface area contributed by atoms with Crippen LogP contribution in [0.4, 0.5) is 0 Å². The number of hydrogen-bond acceptors (Lipinski definition) is 2. The summed E-state index contributed by atoms with van der Waals surface area (Å²) >= 11 is 0. The Labute approximate surface area is 101 Å². The highest BCUT2D eigenvalue weighted by atomic mass is 15.1. The first-order chi connectivity index (χ1) is 7.78. The maximum absolute atomic E-state index is 3.64. The van der Waals surface area contributed by atoms with Crippen molar-refractivity contribution in [2.24, 2.45) is 11.8 Å². The van der Waals surface area contributed by atoms with Gasteiger partial charge in [0.1, 0.15) is 0 Å². The summed E-state index contributed by atoms with van der Waals surface area (Å²) in [6, 6.07) is 0.868. The van der Waals surface area contributed by atoms with Gasteiger partial charge in [-0.2, -0.15) is 0 Å². The number of nitrogens with zero attached hydrogens (tertiary/aromatic N) is 1. The quantitative estimate of drug-likeness (QED) is 0.746. The average molecular weight is 224 g/mol. The zero-order valence-electron chi connectivity index (χ0n) is 11.0. The van der Waals surface area contributed by atoms with Crippen molar-refractivity contribution in [1.82, 2.24) is 10.2 Å². The zero-order chi connectivity index (χ0) is 11.4. The van der Waals surface area contributed by atoms with E-state index in [4.69, 9.17) is 0 Å². The monoisotopic (exact) mass is 224 g/mol. The Morgan fingerprint density at radius 3 is 2.81 bits per heavy atom. The van der Waals surface area contributed by atoms with Gasteiger partial charge in [0.25, 0.3) is 0 Å². The molecule has 0 aromatic rings. The number of rotatable bonds is 6. The summed E-state index contributed by atoms with van der Waals surface area (Å²) in [5.41, 5.74) is 0. The van der Waals surface area contributed by atoms with Crippen molar-refractivity contribution in [2.75, 3.05) is 26.2 Å². The number of nitrogens with one attached hydrogen (secondary N) is 1. The van der Waals surface area contributed by atoms with Gasteiger partial charge in [-0.1, -0.05) is 20.3 Å². The van der Waals surface area contributed by atoms with Gasteiger partial charge in [0.05, 0.1) is 0 Å². The first-order valence-corrected chi connectivity index (χ1v) is 7.23. The molecule has 1 heterocycles. The van der Waals surface area contributed by atoms with Crippen molar-refractivity contribution >= 4 is 0 Å². The van der Waals surface area contributed by atoms with Gasteiger partial charge >= 0.3 is 0 Å². The number of piperidine rings is 1. The second kappa shape index (κ2) is 6.02. The van der Waals surface area contributed by atoms with Crippen LogP contribution in [0.5, 0.6) is 0 Å². The molecule has 2 atom stereocenters. The Morgan fingerprint density at radius 2 is 2.12 bits per heavy atom. The van der Waals surface area contributed by atoms with Crippen molar-refractivity contribution in [3.63, 3.8) is 0 Å². The highest BCUT2D eigenvalue weighted by molar-refractivity contribution is 4.82. The molecule has 0 bridgehead atoms. The summed E-state index contributed by atoms with van der Waals surface area (Å²) in [7, 11) is 0. The van der Waals surface area contributed by atoms with Crippen LogP contribution >= 0.6 is 0 Å². The molecular weight excluding hydrogens is 196 g/mol. The number of hydrogen-bond donors (Lipinski definition) is 1. The molecule has 94 valence electrons. The van der Waals surface area contributed by atoms with Crippen molar-refractivity contribution in [2.45, 2.75) is 52.0 Å². The lowest BCUT2D eigenvalue weighted by molar-refractivity contribution is 0.151. The largest absolute Gasteiger partial charge is 0.314 e. The van der Waals surface area contributed by atoms with Crippen LogP contribution in [0.1, 0.15) is 46.0 Å². The van der Waals surface area contributed by atoms with E-state index < -0.39 is 0 Å². The molecule has 2 aliphatic rings. The molecule has 2 rings (SSSR count). The molecule has 2 heteroatoms. The molecule has 1 N–H and O–H groups in total. The van der Waals surface area contributed by atoms with Gasteiger partial charge in [-0.15, -0.1) is 0 Å². The first kappa shape index (κ1) is 12.4. The lowest BCUT2D eigenvalue weighted by atomic mass is 9.95. The summed E-state index contributed by atoms with van der Waals surface area (Å²) in [5.74, 6) is 1.79. The minimum absolute atomic E-state index is 0.816. The second-order valence-electron chi connectivity index (χ2n) is 5.96. The normalized spacial score (nSPS) is 29.2. The van der Waals surface area contributed by atoms with Gasteiger partial charge in [-0.05, 0) is 50.6 Å². The molecule has 2 nitrogen and oxygen atoms in total. The Bertz CT molecular complexity index is 201. The van der Waals surface area contributed by atoms with Crippen LogP contribution in [0.3, 0.4) is 0 Å². The number of likely N-dealkylation sites (tertiary alicyclic amines) is 1. The van der Waals surface area contributed by atoms with Gasteiger partial charge in [-0.3, -0.25) is 0 Å². The van der Waals surface area contributed by atoms with Crippen LogP contribution < -0.4 is 5.32 Å². The van der Waals surface area contributed by atoms with Crippen LogP contribution in [-0.2, 0) is 0 Å². The molecule has 1 saturated heterocycles. The standard InChI is InChI=1S/C14H28N2/c1-3-13-5-4-8-16(11-13)10-12(2)9-15-14-6-7-14/h12-15H,3-11H2,1-2H3. The van der Waals surface area contributed by atoms with E-state index >= 15 is 0 Å².